The van der Waals surface area contributed by atoms with Gasteiger partial charge in [-0.15, -0.1) is 0 Å². The average Bonchev–Trinajstić information content (AvgIpc) is 2.35. The molecule has 88 valence electrons. The molecule has 0 saturated carbocycles. The third kappa shape index (κ3) is 2.56. The summed E-state index contributed by atoms with van der Waals surface area (Å²) in [6.45, 7) is 2.04. The zero-order valence-corrected chi connectivity index (χ0v) is 9.64. The van der Waals surface area contributed by atoms with Crippen LogP contribution in [0.2, 0.25) is 0 Å². The van der Waals surface area contributed by atoms with E-state index in [1.807, 2.05) is 24.3 Å². The van der Waals surface area contributed by atoms with E-state index in [0.717, 1.165) is 16.3 Å². The molecule has 3 heteroatoms. The Balaban J connectivity index is 2.31. The van der Waals surface area contributed by atoms with Gasteiger partial charge in [-0.2, -0.15) is 0 Å². The van der Waals surface area contributed by atoms with Crippen molar-refractivity contribution in [2.75, 3.05) is 0 Å². The molecule has 0 amide bonds. The molecule has 0 saturated heterocycles. The van der Waals surface area contributed by atoms with Crippen LogP contribution in [0, 0.1) is 0 Å². The maximum absolute atomic E-state index is 11.1. The summed E-state index contributed by atoms with van der Waals surface area (Å²) in [4.78, 5) is 11.1. The van der Waals surface area contributed by atoms with Crippen LogP contribution in [0.3, 0.4) is 0 Å². The van der Waals surface area contributed by atoms with Gasteiger partial charge < -0.3 is 9.84 Å². The number of hydrogen-bond donors (Lipinski definition) is 1. The summed E-state index contributed by atoms with van der Waals surface area (Å²) in [5.41, 5.74) is 0.948. The van der Waals surface area contributed by atoms with Gasteiger partial charge in [0, 0.05) is 6.42 Å². The van der Waals surface area contributed by atoms with E-state index in [9.17, 15) is 9.90 Å². The molecule has 0 bridgehead atoms. The van der Waals surface area contributed by atoms with Gasteiger partial charge >= 0.3 is 5.97 Å². The molecule has 2 rings (SSSR count). The van der Waals surface area contributed by atoms with Crippen molar-refractivity contribution < 1.29 is 14.6 Å². The number of aromatic hydroxyl groups is 1. The number of hydrogen-bond acceptors (Lipinski definition) is 3. The highest BCUT2D eigenvalue weighted by atomic mass is 16.5. The molecule has 0 unspecified atom stereocenters. The molecule has 0 aromatic heterocycles. The fourth-order valence-corrected chi connectivity index (χ4v) is 1.72. The predicted molar refractivity (Wildman–Crippen MR) is 65.7 cm³/mol. The molecule has 0 aliphatic carbocycles. The molecule has 0 radical (unpaired) electrons. The number of ether oxygens (including phenoxy) is 1. The Hall–Kier alpha value is -2.03. The minimum Gasteiger partial charge on any atom is -0.508 e. The van der Waals surface area contributed by atoms with Crippen LogP contribution in [-0.4, -0.2) is 11.1 Å². The summed E-state index contributed by atoms with van der Waals surface area (Å²) in [6, 6.07) is 10.9. The van der Waals surface area contributed by atoms with Gasteiger partial charge in [-0.05, 0) is 28.5 Å². The van der Waals surface area contributed by atoms with Crippen molar-refractivity contribution in [1.29, 1.82) is 0 Å². The van der Waals surface area contributed by atoms with Gasteiger partial charge in [0.2, 0.25) is 0 Å². The van der Waals surface area contributed by atoms with Crippen molar-refractivity contribution in [3.63, 3.8) is 0 Å². The number of phenolic OH excluding ortho intramolecular Hbond substituents is 1. The number of rotatable bonds is 3. The molecular formula is C14H14O3. The number of benzene rings is 2. The largest absolute Gasteiger partial charge is 0.508 e. The molecule has 0 aliphatic rings. The van der Waals surface area contributed by atoms with E-state index in [1.165, 1.54) is 0 Å². The third-order valence-corrected chi connectivity index (χ3v) is 2.63. The zero-order valence-electron chi connectivity index (χ0n) is 9.64. The van der Waals surface area contributed by atoms with Crippen LogP contribution in [0.5, 0.6) is 5.75 Å². The van der Waals surface area contributed by atoms with Crippen LogP contribution in [0.4, 0.5) is 0 Å². The zero-order chi connectivity index (χ0) is 12.3. The van der Waals surface area contributed by atoms with Gasteiger partial charge in [0.25, 0.3) is 0 Å². The Kier molecular flexibility index (Phi) is 3.28. The quantitative estimate of drug-likeness (QED) is 0.824. The van der Waals surface area contributed by atoms with E-state index >= 15 is 0 Å². The van der Waals surface area contributed by atoms with Gasteiger partial charge in [0.1, 0.15) is 12.4 Å². The minimum absolute atomic E-state index is 0.208. The van der Waals surface area contributed by atoms with E-state index in [0.29, 0.717) is 6.42 Å². The maximum atomic E-state index is 11.1. The fourth-order valence-electron chi connectivity index (χ4n) is 1.72. The number of fused-ring (bicyclic) bond motifs is 1. The Morgan fingerprint density at radius 2 is 2.12 bits per heavy atom. The third-order valence-electron chi connectivity index (χ3n) is 2.63. The number of carbonyl (C=O) groups excluding carboxylic acids is 1. The van der Waals surface area contributed by atoms with Gasteiger partial charge in [0.05, 0.1) is 0 Å². The topological polar surface area (TPSA) is 46.5 Å². The minimum atomic E-state index is -0.208. The lowest BCUT2D eigenvalue weighted by atomic mass is 10.0. The summed E-state index contributed by atoms with van der Waals surface area (Å²) >= 11 is 0. The van der Waals surface area contributed by atoms with Gasteiger partial charge in [-0.25, -0.2) is 0 Å². The monoisotopic (exact) mass is 230 g/mol. The second-order valence-corrected chi connectivity index (χ2v) is 3.84. The molecule has 2 aromatic carbocycles. The molecule has 0 fully saturated rings. The molecule has 0 aliphatic heterocycles. The van der Waals surface area contributed by atoms with E-state index in [2.05, 4.69) is 0 Å². The second kappa shape index (κ2) is 4.87. The highest BCUT2D eigenvalue weighted by Crippen LogP contribution is 2.23. The lowest BCUT2D eigenvalue weighted by Crippen LogP contribution is -2.02. The fraction of sp³-hybridized carbons (Fsp3) is 0.214. The van der Waals surface area contributed by atoms with Crippen molar-refractivity contribution in [3.8, 4) is 5.75 Å². The molecule has 2 aromatic rings. The standard InChI is InChI=1S/C14H14O3/c1-2-14(16)17-9-11-5-3-4-10-8-12(15)6-7-13(10)11/h3-8,15H,2,9H2,1H3. The van der Waals surface area contributed by atoms with Crippen molar-refractivity contribution in [3.05, 3.63) is 42.0 Å². The van der Waals surface area contributed by atoms with Gasteiger partial charge in [-0.3, -0.25) is 4.79 Å². The first-order chi connectivity index (χ1) is 8.20. The molecule has 0 atom stereocenters. The summed E-state index contributed by atoms with van der Waals surface area (Å²) in [5.74, 6) is 0.0287. The van der Waals surface area contributed by atoms with Crippen LogP contribution in [-0.2, 0) is 16.1 Å². The smallest absolute Gasteiger partial charge is 0.305 e. The summed E-state index contributed by atoms with van der Waals surface area (Å²) in [5, 5.41) is 11.3. The Morgan fingerprint density at radius 3 is 2.88 bits per heavy atom. The number of phenols is 1. The second-order valence-electron chi connectivity index (χ2n) is 3.84. The SMILES string of the molecule is CCC(=O)OCc1cccc2cc(O)ccc12. The van der Waals surface area contributed by atoms with Crippen LogP contribution >= 0.6 is 0 Å². The van der Waals surface area contributed by atoms with Crippen molar-refractivity contribution in [2.24, 2.45) is 0 Å². The van der Waals surface area contributed by atoms with Crippen molar-refractivity contribution in [2.45, 2.75) is 20.0 Å². The lowest BCUT2D eigenvalue weighted by molar-refractivity contribution is -0.144. The maximum Gasteiger partial charge on any atom is 0.305 e. The average molecular weight is 230 g/mol. The lowest BCUT2D eigenvalue weighted by Gasteiger charge is -2.07. The van der Waals surface area contributed by atoms with Crippen molar-refractivity contribution in [1.82, 2.24) is 0 Å². The molecule has 17 heavy (non-hydrogen) atoms. The van der Waals surface area contributed by atoms with Crippen molar-refractivity contribution >= 4 is 16.7 Å². The first-order valence-electron chi connectivity index (χ1n) is 5.57. The summed E-state index contributed by atoms with van der Waals surface area (Å²) < 4.78 is 5.11. The van der Waals surface area contributed by atoms with Crippen LogP contribution in [0.25, 0.3) is 10.8 Å². The number of esters is 1. The Labute approximate surface area is 99.6 Å². The highest BCUT2D eigenvalue weighted by molar-refractivity contribution is 5.87. The first-order valence-corrected chi connectivity index (χ1v) is 5.57. The van der Waals surface area contributed by atoms with E-state index < -0.39 is 0 Å². The molecule has 3 nitrogen and oxygen atoms in total. The highest BCUT2D eigenvalue weighted by Gasteiger charge is 2.04. The van der Waals surface area contributed by atoms with E-state index in [4.69, 9.17) is 4.74 Å². The molecule has 0 heterocycles. The number of carbonyl (C=O) groups is 1. The van der Waals surface area contributed by atoms with E-state index in [-0.39, 0.29) is 18.3 Å². The van der Waals surface area contributed by atoms with E-state index in [1.54, 1.807) is 19.1 Å². The Bertz CT molecular complexity index is 546. The summed E-state index contributed by atoms with van der Waals surface area (Å²) in [7, 11) is 0. The van der Waals surface area contributed by atoms with Crippen LogP contribution < -0.4 is 0 Å². The van der Waals surface area contributed by atoms with Crippen LogP contribution in [0.1, 0.15) is 18.9 Å². The molecular weight excluding hydrogens is 216 g/mol. The summed E-state index contributed by atoms with van der Waals surface area (Å²) in [6.07, 6.45) is 0.381. The molecule has 0 spiro atoms. The molecule has 1 N–H and O–H groups in total. The van der Waals surface area contributed by atoms with Gasteiger partial charge in [0.15, 0.2) is 0 Å². The normalized spacial score (nSPS) is 10.4. The Morgan fingerprint density at radius 1 is 1.29 bits per heavy atom. The first kappa shape index (κ1) is 11.5. The van der Waals surface area contributed by atoms with Gasteiger partial charge in [-0.1, -0.05) is 31.2 Å². The van der Waals surface area contributed by atoms with Crippen LogP contribution in [0.15, 0.2) is 36.4 Å². The predicted octanol–water partition coefficient (Wildman–Crippen LogP) is 3.00.